The Labute approximate surface area is 114 Å². The van der Waals surface area contributed by atoms with Crippen molar-refractivity contribution < 1.29 is 14.6 Å². The minimum Gasteiger partial charge on any atom is -0.493 e. The molecule has 0 bridgehead atoms. The van der Waals surface area contributed by atoms with Crippen molar-refractivity contribution >= 4 is 0 Å². The Balaban J connectivity index is 1.72. The fraction of sp³-hybridized carbons (Fsp3) is 0.714. The molecule has 0 aromatic carbocycles. The molecule has 0 amide bonds. The molecule has 0 aromatic rings. The number of piperazine rings is 1. The molecule has 1 atom stereocenters. The number of aliphatic hydroxyl groups excluding tert-OH is 1. The molecule has 0 radical (unpaired) electrons. The van der Waals surface area contributed by atoms with Crippen LogP contribution in [0.4, 0.5) is 0 Å². The number of allylic oxidation sites excluding steroid dienone is 1. The lowest BCUT2D eigenvalue weighted by atomic mass is 10.1. The lowest BCUT2D eigenvalue weighted by Crippen LogP contribution is -2.46. The van der Waals surface area contributed by atoms with Gasteiger partial charge < -0.3 is 19.9 Å². The Morgan fingerprint density at radius 3 is 3.00 bits per heavy atom. The molecule has 2 heterocycles. The number of hydrogen-bond acceptors (Lipinski definition) is 5. The van der Waals surface area contributed by atoms with Crippen molar-refractivity contribution in [1.82, 2.24) is 10.2 Å². The van der Waals surface area contributed by atoms with E-state index in [1.54, 1.807) is 6.26 Å². The largest absolute Gasteiger partial charge is 0.493 e. The fourth-order valence-electron chi connectivity index (χ4n) is 2.33. The van der Waals surface area contributed by atoms with Gasteiger partial charge in [-0.3, -0.25) is 4.90 Å². The maximum atomic E-state index is 8.64. The van der Waals surface area contributed by atoms with Crippen molar-refractivity contribution in [3.05, 3.63) is 24.0 Å². The van der Waals surface area contributed by atoms with E-state index in [-0.39, 0.29) is 12.7 Å². The minimum absolute atomic E-state index is 0.0869. The highest BCUT2D eigenvalue weighted by atomic mass is 16.5. The Bertz CT molecular complexity index is 312. The summed E-state index contributed by atoms with van der Waals surface area (Å²) in [6.07, 6.45) is 6.99. The molecular formula is C14H24N2O3. The van der Waals surface area contributed by atoms with Gasteiger partial charge in [0.25, 0.3) is 0 Å². The average Bonchev–Trinajstić information content (AvgIpc) is 2.45. The molecule has 5 heteroatoms. The molecule has 2 N–H and O–H groups in total. The van der Waals surface area contributed by atoms with Crippen LogP contribution in [0.25, 0.3) is 0 Å². The topological polar surface area (TPSA) is 54.0 Å². The molecule has 2 aliphatic heterocycles. The number of nitrogens with one attached hydrogen (secondary N) is 1. The zero-order valence-corrected chi connectivity index (χ0v) is 11.4. The van der Waals surface area contributed by atoms with Crippen LogP contribution < -0.4 is 5.32 Å². The zero-order valence-electron chi connectivity index (χ0n) is 11.4. The first-order chi connectivity index (χ1) is 9.38. The summed E-state index contributed by atoms with van der Waals surface area (Å²) in [5.41, 5.74) is 1.25. The molecule has 1 saturated heterocycles. The second kappa shape index (κ2) is 8.32. The van der Waals surface area contributed by atoms with Crippen LogP contribution in [0.3, 0.4) is 0 Å². The van der Waals surface area contributed by atoms with Gasteiger partial charge in [0, 0.05) is 32.7 Å². The summed E-state index contributed by atoms with van der Waals surface area (Å²) in [5.74, 6) is 0. The fourth-order valence-corrected chi connectivity index (χ4v) is 2.33. The van der Waals surface area contributed by atoms with E-state index in [9.17, 15) is 0 Å². The van der Waals surface area contributed by atoms with Gasteiger partial charge in [-0.15, -0.1) is 0 Å². The molecule has 1 unspecified atom stereocenters. The predicted octanol–water partition coefficient (Wildman–Crippen LogP) is 0.130. The molecule has 19 heavy (non-hydrogen) atoms. The van der Waals surface area contributed by atoms with Crippen molar-refractivity contribution in [2.45, 2.75) is 12.5 Å². The molecule has 2 aliphatic rings. The van der Waals surface area contributed by atoms with E-state index < -0.39 is 0 Å². The number of nitrogens with zero attached hydrogens (tertiary/aromatic N) is 1. The Morgan fingerprint density at radius 1 is 1.37 bits per heavy atom. The van der Waals surface area contributed by atoms with Gasteiger partial charge in [0.15, 0.2) is 0 Å². The lowest BCUT2D eigenvalue weighted by Gasteiger charge is -2.30. The SMILES string of the molecule is OCCOCCC1=CC(CN2CCNCC2)OC=C1. The third-order valence-corrected chi connectivity index (χ3v) is 3.35. The number of hydrogen-bond donors (Lipinski definition) is 2. The highest BCUT2D eigenvalue weighted by molar-refractivity contribution is 5.22. The van der Waals surface area contributed by atoms with Crippen molar-refractivity contribution in [2.75, 3.05) is 52.5 Å². The summed E-state index contributed by atoms with van der Waals surface area (Å²) in [4.78, 5) is 2.43. The second-order valence-electron chi connectivity index (χ2n) is 4.86. The van der Waals surface area contributed by atoms with E-state index in [1.165, 1.54) is 5.57 Å². The van der Waals surface area contributed by atoms with E-state index in [1.807, 2.05) is 6.08 Å². The zero-order chi connectivity index (χ0) is 13.3. The quantitative estimate of drug-likeness (QED) is 0.643. The van der Waals surface area contributed by atoms with Crippen LogP contribution in [0.15, 0.2) is 24.0 Å². The number of rotatable bonds is 7. The first kappa shape index (κ1) is 14.5. The molecule has 0 spiro atoms. The van der Waals surface area contributed by atoms with E-state index in [0.717, 1.165) is 39.1 Å². The Hall–Kier alpha value is -0.880. The molecule has 5 nitrogen and oxygen atoms in total. The molecule has 108 valence electrons. The van der Waals surface area contributed by atoms with Crippen LogP contribution in [0.1, 0.15) is 6.42 Å². The number of aliphatic hydroxyl groups is 1. The van der Waals surface area contributed by atoms with Crippen LogP contribution in [-0.2, 0) is 9.47 Å². The molecule has 1 fully saturated rings. The van der Waals surface area contributed by atoms with Gasteiger partial charge in [-0.2, -0.15) is 0 Å². The van der Waals surface area contributed by atoms with Gasteiger partial charge in [0.1, 0.15) is 6.10 Å². The highest BCUT2D eigenvalue weighted by Gasteiger charge is 2.17. The molecule has 0 aliphatic carbocycles. The van der Waals surface area contributed by atoms with Gasteiger partial charge in [-0.05, 0) is 24.1 Å². The van der Waals surface area contributed by atoms with E-state index >= 15 is 0 Å². The van der Waals surface area contributed by atoms with Gasteiger partial charge in [-0.25, -0.2) is 0 Å². The van der Waals surface area contributed by atoms with Crippen LogP contribution in [0.2, 0.25) is 0 Å². The summed E-state index contributed by atoms with van der Waals surface area (Å²) in [7, 11) is 0. The van der Waals surface area contributed by atoms with Crippen LogP contribution in [-0.4, -0.2) is 68.7 Å². The first-order valence-corrected chi connectivity index (χ1v) is 7.03. The predicted molar refractivity (Wildman–Crippen MR) is 73.9 cm³/mol. The van der Waals surface area contributed by atoms with Crippen molar-refractivity contribution in [1.29, 1.82) is 0 Å². The Morgan fingerprint density at radius 2 is 2.21 bits per heavy atom. The van der Waals surface area contributed by atoms with E-state index in [4.69, 9.17) is 14.6 Å². The molecule has 2 rings (SSSR count). The average molecular weight is 268 g/mol. The van der Waals surface area contributed by atoms with Gasteiger partial charge in [0.05, 0.1) is 26.1 Å². The summed E-state index contributed by atoms with van der Waals surface area (Å²) >= 11 is 0. The third kappa shape index (κ3) is 5.32. The summed E-state index contributed by atoms with van der Waals surface area (Å²) < 4.78 is 10.9. The van der Waals surface area contributed by atoms with Crippen molar-refractivity contribution in [3.63, 3.8) is 0 Å². The van der Waals surface area contributed by atoms with Gasteiger partial charge in [-0.1, -0.05) is 0 Å². The summed E-state index contributed by atoms with van der Waals surface area (Å²) in [6, 6.07) is 0. The first-order valence-electron chi connectivity index (χ1n) is 7.03. The second-order valence-corrected chi connectivity index (χ2v) is 4.86. The standard InChI is InChI=1S/C14H24N2O3/c17-7-10-18-8-1-13-2-9-19-14(11-13)12-16-5-3-15-4-6-16/h2,9,11,14-15,17H,1,3-8,10,12H2. The van der Waals surface area contributed by atoms with Crippen LogP contribution >= 0.6 is 0 Å². The smallest absolute Gasteiger partial charge is 0.129 e. The summed E-state index contributed by atoms with van der Waals surface area (Å²) in [5, 5.41) is 12.0. The number of ether oxygens (including phenoxy) is 2. The maximum Gasteiger partial charge on any atom is 0.129 e. The van der Waals surface area contributed by atoms with Crippen LogP contribution in [0.5, 0.6) is 0 Å². The molecule has 0 saturated carbocycles. The molecule has 0 aromatic heterocycles. The highest BCUT2D eigenvalue weighted by Crippen LogP contribution is 2.14. The lowest BCUT2D eigenvalue weighted by molar-refractivity contribution is 0.0929. The van der Waals surface area contributed by atoms with Crippen molar-refractivity contribution in [3.8, 4) is 0 Å². The van der Waals surface area contributed by atoms with E-state index in [0.29, 0.717) is 13.2 Å². The van der Waals surface area contributed by atoms with Gasteiger partial charge >= 0.3 is 0 Å². The van der Waals surface area contributed by atoms with Crippen molar-refractivity contribution in [2.24, 2.45) is 0 Å². The van der Waals surface area contributed by atoms with Gasteiger partial charge in [0.2, 0.25) is 0 Å². The normalized spacial score (nSPS) is 24.1. The molecular weight excluding hydrogens is 244 g/mol. The van der Waals surface area contributed by atoms with E-state index in [2.05, 4.69) is 16.3 Å². The van der Waals surface area contributed by atoms with Crippen LogP contribution in [0, 0.1) is 0 Å². The monoisotopic (exact) mass is 268 g/mol. The Kier molecular flexibility index (Phi) is 6.36. The summed E-state index contributed by atoms with van der Waals surface area (Å²) in [6.45, 7) is 6.41. The maximum absolute atomic E-state index is 8.64. The third-order valence-electron chi connectivity index (χ3n) is 3.35. The minimum atomic E-state index is 0.0869.